The summed E-state index contributed by atoms with van der Waals surface area (Å²) in [5, 5.41) is 0. The van der Waals surface area contributed by atoms with Gasteiger partial charge in [0.05, 0.1) is 0 Å². The molecule has 2 aromatic rings. The third kappa shape index (κ3) is 4.57. The zero-order valence-electron chi connectivity index (χ0n) is 16.4. The first-order valence-electron chi connectivity index (χ1n) is 9.45. The van der Waals surface area contributed by atoms with Gasteiger partial charge < -0.3 is 4.74 Å². The van der Waals surface area contributed by atoms with E-state index in [0.29, 0.717) is 12.8 Å². The maximum atomic E-state index is 12.5. The van der Waals surface area contributed by atoms with E-state index >= 15 is 0 Å². The highest BCUT2D eigenvalue weighted by Crippen LogP contribution is 2.29. The van der Waals surface area contributed by atoms with Crippen LogP contribution in [0.25, 0.3) is 11.1 Å². The molecule has 2 amide bonds. The second kappa shape index (κ2) is 7.55. The monoisotopic (exact) mass is 365 g/mol. The van der Waals surface area contributed by atoms with Crippen molar-refractivity contribution < 1.29 is 14.3 Å². The largest absolute Gasteiger partial charge is 0.443 e. The average Bonchev–Trinajstić information content (AvgIpc) is 2.89. The number of carbonyl (C=O) groups is 2. The molecule has 0 aromatic heterocycles. The van der Waals surface area contributed by atoms with Gasteiger partial charge in [0.1, 0.15) is 5.60 Å². The molecule has 1 heterocycles. The molecular weight excluding hydrogens is 338 g/mol. The molecular formula is C23H27NO3. The van der Waals surface area contributed by atoms with Crippen molar-refractivity contribution in [2.45, 2.75) is 52.2 Å². The molecule has 4 nitrogen and oxygen atoms in total. The number of imide groups is 1. The number of likely N-dealkylation sites (tertiary alicyclic amines) is 1. The number of ether oxygens (including phenoxy) is 1. The maximum absolute atomic E-state index is 12.5. The number of rotatable bonds is 3. The Kier molecular flexibility index (Phi) is 5.36. The standard InChI is InChI=1S/C23H27NO3/c1-16-14-20(24(21(16)25)22(26)27-23(2,3)4)15-17-10-12-19(13-11-17)18-8-6-5-7-9-18/h5-13,16,20H,14-15H2,1-4H3/t16-,20+/m0/s1. The Hall–Kier alpha value is -2.62. The molecule has 4 heteroatoms. The topological polar surface area (TPSA) is 46.6 Å². The molecule has 2 aromatic carbocycles. The molecule has 0 radical (unpaired) electrons. The minimum atomic E-state index is -0.620. The summed E-state index contributed by atoms with van der Waals surface area (Å²) < 4.78 is 5.45. The van der Waals surface area contributed by atoms with Gasteiger partial charge in [-0.1, -0.05) is 61.5 Å². The lowest BCUT2D eigenvalue weighted by atomic mass is 9.98. The van der Waals surface area contributed by atoms with Gasteiger partial charge in [-0.2, -0.15) is 0 Å². The van der Waals surface area contributed by atoms with E-state index in [1.165, 1.54) is 10.5 Å². The summed E-state index contributed by atoms with van der Waals surface area (Å²) in [4.78, 5) is 26.4. The van der Waals surface area contributed by atoms with Gasteiger partial charge in [-0.3, -0.25) is 4.79 Å². The second-order valence-electron chi connectivity index (χ2n) is 8.25. The molecule has 0 N–H and O–H groups in total. The number of hydrogen-bond acceptors (Lipinski definition) is 3. The number of nitrogens with zero attached hydrogens (tertiary/aromatic N) is 1. The van der Waals surface area contributed by atoms with E-state index in [2.05, 4.69) is 36.4 Å². The molecule has 0 spiro atoms. The third-order valence-corrected chi connectivity index (χ3v) is 4.77. The third-order valence-electron chi connectivity index (χ3n) is 4.77. The summed E-state index contributed by atoms with van der Waals surface area (Å²) in [6.07, 6.45) is 0.769. The van der Waals surface area contributed by atoms with Crippen LogP contribution in [0.3, 0.4) is 0 Å². The fraction of sp³-hybridized carbons (Fsp3) is 0.391. The lowest BCUT2D eigenvalue weighted by molar-refractivity contribution is -0.130. The van der Waals surface area contributed by atoms with Crippen molar-refractivity contribution in [3.05, 3.63) is 60.2 Å². The smallest absolute Gasteiger partial charge is 0.417 e. The van der Waals surface area contributed by atoms with Gasteiger partial charge in [-0.05, 0) is 50.3 Å². The molecule has 0 saturated carbocycles. The Morgan fingerprint density at radius 1 is 1.04 bits per heavy atom. The van der Waals surface area contributed by atoms with Crippen molar-refractivity contribution in [2.75, 3.05) is 0 Å². The van der Waals surface area contributed by atoms with E-state index in [9.17, 15) is 9.59 Å². The number of amides is 2. The van der Waals surface area contributed by atoms with Crippen molar-refractivity contribution in [1.82, 2.24) is 4.90 Å². The SMILES string of the molecule is C[C@H]1C[C@H](Cc2ccc(-c3ccccc3)cc2)N(C(=O)OC(C)(C)C)C1=O. The van der Waals surface area contributed by atoms with Gasteiger partial charge >= 0.3 is 6.09 Å². The van der Waals surface area contributed by atoms with Crippen molar-refractivity contribution >= 4 is 12.0 Å². The minimum Gasteiger partial charge on any atom is -0.443 e. The van der Waals surface area contributed by atoms with Crippen LogP contribution in [-0.2, 0) is 16.0 Å². The number of carbonyl (C=O) groups excluding carboxylic acids is 2. The molecule has 0 unspecified atom stereocenters. The van der Waals surface area contributed by atoms with Gasteiger partial charge in [0.2, 0.25) is 5.91 Å². The van der Waals surface area contributed by atoms with Gasteiger partial charge in [0.15, 0.2) is 0 Å². The molecule has 0 bridgehead atoms. The Labute approximate surface area is 161 Å². The first kappa shape index (κ1) is 19.2. The lowest BCUT2D eigenvalue weighted by Gasteiger charge is -2.27. The summed E-state index contributed by atoms with van der Waals surface area (Å²) in [6.45, 7) is 7.31. The minimum absolute atomic E-state index is 0.143. The second-order valence-corrected chi connectivity index (χ2v) is 8.25. The number of hydrogen-bond donors (Lipinski definition) is 0. The summed E-state index contributed by atoms with van der Waals surface area (Å²) in [7, 11) is 0. The normalized spacial score (nSPS) is 20.0. The van der Waals surface area contributed by atoms with Crippen LogP contribution in [0.1, 0.15) is 39.7 Å². The molecule has 1 aliphatic heterocycles. The van der Waals surface area contributed by atoms with Crippen molar-refractivity contribution in [1.29, 1.82) is 0 Å². The van der Waals surface area contributed by atoms with Gasteiger partial charge in [-0.25, -0.2) is 9.69 Å². The van der Waals surface area contributed by atoms with Crippen molar-refractivity contribution in [3.8, 4) is 11.1 Å². The van der Waals surface area contributed by atoms with Gasteiger partial charge in [0.25, 0.3) is 0 Å². The zero-order chi connectivity index (χ0) is 19.6. The Balaban J connectivity index is 1.75. The van der Waals surface area contributed by atoms with Crippen LogP contribution in [0.5, 0.6) is 0 Å². The molecule has 2 atom stereocenters. The Morgan fingerprint density at radius 2 is 1.63 bits per heavy atom. The highest BCUT2D eigenvalue weighted by molar-refractivity contribution is 5.95. The molecule has 142 valence electrons. The van der Waals surface area contributed by atoms with E-state index in [1.54, 1.807) is 0 Å². The predicted molar refractivity (Wildman–Crippen MR) is 106 cm³/mol. The zero-order valence-corrected chi connectivity index (χ0v) is 16.4. The first-order chi connectivity index (χ1) is 12.7. The Bertz CT molecular complexity index is 806. The van der Waals surface area contributed by atoms with Gasteiger partial charge in [-0.15, -0.1) is 0 Å². The van der Waals surface area contributed by atoms with E-state index < -0.39 is 11.7 Å². The van der Waals surface area contributed by atoms with Gasteiger partial charge in [0, 0.05) is 12.0 Å². The maximum Gasteiger partial charge on any atom is 0.417 e. The highest BCUT2D eigenvalue weighted by atomic mass is 16.6. The fourth-order valence-electron chi connectivity index (χ4n) is 3.49. The quantitative estimate of drug-likeness (QED) is 0.763. The summed E-state index contributed by atoms with van der Waals surface area (Å²) >= 11 is 0. The molecule has 1 saturated heterocycles. The lowest BCUT2D eigenvalue weighted by Crippen LogP contribution is -2.43. The molecule has 1 aliphatic rings. The molecule has 3 rings (SSSR count). The molecule has 27 heavy (non-hydrogen) atoms. The highest BCUT2D eigenvalue weighted by Gasteiger charge is 2.42. The van der Waals surface area contributed by atoms with Crippen LogP contribution in [0.2, 0.25) is 0 Å². The first-order valence-corrected chi connectivity index (χ1v) is 9.45. The average molecular weight is 365 g/mol. The van der Waals surface area contributed by atoms with E-state index in [0.717, 1.165) is 11.1 Å². The Morgan fingerprint density at radius 3 is 2.22 bits per heavy atom. The van der Waals surface area contributed by atoms with E-state index in [-0.39, 0.29) is 17.9 Å². The van der Waals surface area contributed by atoms with Crippen molar-refractivity contribution in [3.63, 3.8) is 0 Å². The van der Waals surface area contributed by atoms with Crippen LogP contribution in [0, 0.1) is 5.92 Å². The summed E-state index contributed by atoms with van der Waals surface area (Å²) in [5.74, 6) is -0.304. The molecule has 1 fully saturated rings. The van der Waals surface area contributed by atoms with E-state index in [1.807, 2.05) is 45.9 Å². The van der Waals surface area contributed by atoms with Crippen LogP contribution in [-0.4, -0.2) is 28.5 Å². The molecule has 0 aliphatic carbocycles. The number of benzene rings is 2. The van der Waals surface area contributed by atoms with Crippen LogP contribution in [0.15, 0.2) is 54.6 Å². The van der Waals surface area contributed by atoms with Crippen LogP contribution in [0.4, 0.5) is 4.79 Å². The fourth-order valence-corrected chi connectivity index (χ4v) is 3.49. The summed E-state index contributed by atoms with van der Waals surface area (Å²) in [5.41, 5.74) is 2.81. The van der Waals surface area contributed by atoms with Crippen LogP contribution < -0.4 is 0 Å². The van der Waals surface area contributed by atoms with Crippen molar-refractivity contribution in [2.24, 2.45) is 5.92 Å². The van der Waals surface area contributed by atoms with Crippen LogP contribution >= 0.6 is 0 Å². The summed E-state index contributed by atoms with van der Waals surface area (Å²) in [6, 6.07) is 18.4. The predicted octanol–water partition coefficient (Wildman–Crippen LogP) is 5.07. The van der Waals surface area contributed by atoms with E-state index in [4.69, 9.17) is 4.74 Å².